The Hall–Kier alpha value is -1.06. The summed E-state index contributed by atoms with van der Waals surface area (Å²) in [7, 11) is 0. The van der Waals surface area contributed by atoms with E-state index in [1.54, 1.807) is 11.3 Å². The average Bonchev–Trinajstić information content (AvgIpc) is 2.88. The molecule has 0 N–H and O–H groups in total. The Morgan fingerprint density at radius 3 is 2.60 bits per heavy atom. The van der Waals surface area contributed by atoms with Gasteiger partial charge in [0.2, 0.25) is 0 Å². The van der Waals surface area contributed by atoms with Crippen LogP contribution in [0.15, 0.2) is 17.5 Å². The average molecular weight is 310 g/mol. The van der Waals surface area contributed by atoms with Gasteiger partial charge < -0.3 is 4.74 Å². The quantitative estimate of drug-likeness (QED) is 0.564. The molecule has 1 aromatic carbocycles. The molecule has 2 nitrogen and oxygen atoms in total. The Morgan fingerprint density at radius 2 is 1.90 bits per heavy atom. The molecule has 0 amide bonds. The molecule has 0 unspecified atom stereocenters. The third-order valence-corrected chi connectivity index (χ3v) is 4.55. The van der Waals surface area contributed by atoms with Gasteiger partial charge in [0, 0.05) is 11.8 Å². The van der Waals surface area contributed by atoms with E-state index in [2.05, 4.69) is 37.9 Å². The molecule has 0 bridgehead atoms. The maximum absolute atomic E-state index is 5.88. The summed E-state index contributed by atoms with van der Waals surface area (Å²) < 4.78 is 5.88. The van der Waals surface area contributed by atoms with Gasteiger partial charge in [0.05, 0.1) is 23.2 Å². The standard InChI is InChI=1S/C16H20ClNOS/c1-11-7-13(3)15(8-12(11)2)19-6-4-5-16-18-14(9-17)10-20-16/h7-8,10H,4-6,9H2,1-3H3. The number of thiazole rings is 1. The summed E-state index contributed by atoms with van der Waals surface area (Å²) in [5, 5.41) is 3.16. The minimum Gasteiger partial charge on any atom is -0.493 e. The summed E-state index contributed by atoms with van der Waals surface area (Å²) in [4.78, 5) is 4.45. The van der Waals surface area contributed by atoms with E-state index in [4.69, 9.17) is 16.3 Å². The molecule has 0 fully saturated rings. The summed E-state index contributed by atoms with van der Waals surface area (Å²) >= 11 is 7.42. The first-order valence-electron chi connectivity index (χ1n) is 6.80. The molecule has 0 saturated heterocycles. The molecule has 4 heteroatoms. The van der Waals surface area contributed by atoms with Gasteiger partial charge in [-0.2, -0.15) is 0 Å². The van der Waals surface area contributed by atoms with Crippen LogP contribution in [0.1, 0.15) is 33.8 Å². The highest BCUT2D eigenvalue weighted by Gasteiger charge is 2.04. The minimum absolute atomic E-state index is 0.495. The highest BCUT2D eigenvalue weighted by atomic mass is 35.5. The van der Waals surface area contributed by atoms with E-state index in [9.17, 15) is 0 Å². The monoisotopic (exact) mass is 309 g/mol. The van der Waals surface area contributed by atoms with E-state index in [1.807, 2.05) is 5.38 Å². The molecule has 0 aliphatic carbocycles. The molecule has 1 aromatic heterocycles. The lowest BCUT2D eigenvalue weighted by Gasteiger charge is -2.11. The first-order valence-corrected chi connectivity index (χ1v) is 8.21. The summed E-state index contributed by atoms with van der Waals surface area (Å²) in [5.41, 5.74) is 4.76. The predicted octanol–water partition coefficient (Wildman–Crippen LogP) is 4.82. The minimum atomic E-state index is 0.495. The van der Waals surface area contributed by atoms with Crippen LogP contribution in [0.25, 0.3) is 0 Å². The third kappa shape index (κ3) is 3.97. The smallest absolute Gasteiger partial charge is 0.122 e. The Labute approximate surface area is 129 Å². The molecule has 108 valence electrons. The van der Waals surface area contributed by atoms with Crippen molar-refractivity contribution >= 4 is 22.9 Å². The van der Waals surface area contributed by atoms with Gasteiger partial charge >= 0.3 is 0 Å². The maximum atomic E-state index is 5.88. The van der Waals surface area contributed by atoms with Gasteiger partial charge in [-0.25, -0.2) is 4.98 Å². The van der Waals surface area contributed by atoms with Gasteiger partial charge in [-0.15, -0.1) is 22.9 Å². The van der Waals surface area contributed by atoms with Crippen molar-refractivity contribution in [2.24, 2.45) is 0 Å². The lowest BCUT2D eigenvalue weighted by Crippen LogP contribution is -2.01. The van der Waals surface area contributed by atoms with Gasteiger partial charge in [0.1, 0.15) is 5.75 Å². The van der Waals surface area contributed by atoms with Crippen LogP contribution in [0.5, 0.6) is 5.75 Å². The zero-order valence-electron chi connectivity index (χ0n) is 12.2. The number of aromatic nitrogens is 1. The van der Waals surface area contributed by atoms with Crippen molar-refractivity contribution < 1.29 is 4.74 Å². The number of aryl methyl sites for hydroxylation is 4. The van der Waals surface area contributed by atoms with Crippen molar-refractivity contribution in [2.45, 2.75) is 39.5 Å². The number of nitrogens with zero attached hydrogens (tertiary/aromatic N) is 1. The molecule has 0 spiro atoms. The van der Waals surface area contributed by atoms with E-state index < -0.39 is 0 Å². The Balaban J connectivity index is 1.82. The molecular weight excluding hydrogens is 290 g/mol. The largest absolute Gasteiger partial charge is 0.493 e. The van der Waals surface area contributed by atoms with Crippen LogP contribution in [-0.4, -0.2) is 11.6 Å². The van der Waals surface area contributed by atoms with Crippen LogP contribution in [0.2, 0.25) is 0 Å². The number of hydrogen-bond donors (Lipinski definition) is 0. The molecule has 0 radical (unpaired) electrons. The van der Waals surface area contributed by atoms with Gasteiger partial charge in [-0.1, -0.05) is 6.07 Å². The number of halogens is 1. The maximum Gasteiger partial charge on any atom is 0.122 e. The third-order valence-electron chi connectivity index (χ3n) is 3.32. The summed E-state index contributed by atoms with van der Waals surface area (Å²) in [5.74, 6) is 1.49. The summed E-state index contributed by atoms with van der Waals surface area (Å²) in [6.07, 6.45) is 1.92. The summed E-state index contributed by atoms with van der Waals surface area (Å²) in [6.45, 7) is 7.06. The number of hydrogen-bond acceptors (Lipinski definition) is 3. The fourth-order valence-electron chi connectivity index (χ4n) is 2.02. The number of alkyl halides is 1. The molecule has 2 aromatic rings. The fraction of sp³-hybridized carbons (Fsp3) is 0.438. The number of benzene rings is 1. The van der Waals surface area contributed by atoms with Crippen LogP contribution in [0.4, 0.5) is 0 Å². The fourth-order valence-corrected chi connectivity index (χ4v) is 3.09. The molecule has 0 saturated carbocycles. The van der Waals surface area contributed by atoms with Crippen molar-refractivity contribution in [2.75, 3.05) is 6.61 Å². The lowest BCUT2D eigenvalue weighted by molar-refractivity contribution is 0.308. The second-order valence-electron chi connectivity index (χ2n) is 5.02. The molecule has 0 atom stereocenters. The van der Waals surface area contributed by atoms with Gasteiger partial charge in [0.25, 0.3) is 0 Å². The zero-order chi connectivity index (χ0) is 14.5. The van der Waals surface area contributed by atoms with Crippen molar-refractivity contribution in [3.05, 3.63) is 44.9 Å². The summed E-state index contributed by atoms with van der Waals surface area (Å²) in [6, 6.07) is 4.30. The highest BCUT2D eigenvalue weighted by Crippen LogP contribution is 2.22. The topological polar surface area (TPSA) is 22.1 Å². The molecule has 0 aliphatic rings. The van der Waals surface area contributed by atoms with Crippen LogP contribution in [0, 0.1) is 20.8 Å². The predicted molar refractivity (Wildman–Crippen MR) is 86.1 cm³/mol. The Kier molecular flexibility index (Phi) is 5.44. The molecule has 2 rings (SSSR count). The van der Waals surface area contributed by atoms with E-state index in [1.165, 1.54) is 16.7 Å². The number of ether oxygens (including phenoxy) is 1. The van der Waals surface area contributed by atoms with Crippen molar-refractivity contribution in [1.29, 1.82) is 0 Å². The Bertz CT molecular complexity index is 580. The highest BCUT2D eigenvalue weighted by molar-refractivity contribution is 7.09. The lowest BCUT2D eigenvalue weighted by atomic mass is 10.1. The van der Waals surface area contributed by atoms with Crippen LogP contribution in [0.3, 0.4) is 0 Å². The second kappa shape index (κ2) is 7.09. The van der Waals surface area contributed by atoms with E-state index in [-0.39, 0.29) is 0 Å². The van der Waals surface area contributed by atoms with Crippen LogP contribution < -0.4 is 4.74 Å². The molecular formula is C16H20ClNOS. The second-order valence-corrected chi connectivity index (χ2v) is 6.23. The van der Waals surface area contributed by atoms with Crippen LogP contribution in [-0.2, 0) is 12.3 Å². The molecule has 0 aliphatic heterocycles. The Morgan fingerprint density at radius 1 is 1.15 bits per heavy atom. The SMILES string of the molecule is Cc1cc(C)c(OCCCc2nc(CCl)cs2)cc1C. The van der Waals surface area contributed by atoms with Crippen molar-refractivity contribution in [1.82, 2.24) is 4.98 Å². The molecule has 20 heavy (non-hydrogen) atoms. The zero-order valence-corrected chi connectivity index (χ0v) is 13.8. The van der Waals surface area contributed by atoms with E-state index in [0.717, 1.165) is 35.9 Å². The van der Waals surface area contributed by atoms with Gasteiger partial charge in [-0.3, -0.25) is 0 Å². The molecule has 1 heterocycles. The van der Waals surface area contributed by atoms with Crippen molar-refractivity contribution in [3.8, 4) is 5.75 Å². The first-order chi connectivity index (χ1) is 9.60. The normalized spacial score (nSPS) is 10.8. The van der Waals surface area contributed by atoms with Crippen LogP contribution >= 0.6 is 22.9 Å². The first kappa shape index (κ1) is 15.3. The van der Waals surface area contributed by atoms with E-state index in [0.29, 0.717) is 5.88 Å². The number of rotatable bonds is 6. The van der Waals surface area contributed by atoms with Gasteiger partial charge in [-0.05, 0) is 49.9 Å². The van der Waals surface area contributed by atoms with Gasteiger partial charge in [0.15, 0.2) is 0 Å². The van der Waals surface area contributed by atoms with Crippen molar-refractivity contribution in [3.63, 3.8) is 0 Å². The van der Waals surface area contributed by atoms with E-state index >= 15 is 0 Å².